The predicted molar refractivity (Wildman–Crippen MR) is 113 cm³/mol. The fourth-order valence-corrected chi connectivity index (χ4v) is 4.79. The van der Waals surface area contributed by atoms with Crippen molar-refractivity contribution in [1.82, 2.24) is 4.57 Å². The zero-order valence-electron chi connectivity index (χ0n) is 16.2. The van der Waals surface area contributed by atoms with Gasteiger partial charge >= 0.3 is 0 Å². The lowest BCUT2D eigenvalue weighted by molar-refractivity contribution is 0.103. The lowest BCUT2D eigenvalue weighted by Crippen LogP contribution is -2.27. The van der Waals surface area contributed by atoms with Crippen LogP contribution in [0.25, 0.3) is 10.1 Å². The van der Waals surface area contributed by atoms with E-state index in [0.29, 0.717) is 18.1 Å². The molecule has 2 heterocycles. The van der Waals surface area contributed by atoms with Crippen molar-refractivity contribution in [1.29, 1.82) is 5.26 Å². The molecule has 6 nitrogen and oxygen atoms in total. The molecule has 0 aliphatic heterocycles. The molecule has 1 aromatic carbocycles. The molecule has 0 fully saturated rings. The third kappa shape index (κ3) is 3.67. The zero-order valence-corrected chi connectivity index (χ0v) is 17.8. The molecule has 150 valence electrons. The highest BCUT2D eigenvalue weighted by atomic mass is 35.5. The van der Waals surface area contributed by atoms with Gasteiger partial charge in [0.05, 0.1) is 15.5 Å². The van der Waals surface area contributed by atoms with Crippen LogP contribution in [-0.4, -0.2) is 29.2 Å². The zero-order chi connectivity index (χ0) is 21.3. The van der Waals surface area contributed by atoms with Crippen LogP contribution in [0.1, 0.15) is 38.3 Å². The molecular formula is C21H19ClN2O4S. The number of nitrogens with zero attached hydrogens (tertiary/aromatic N) is 2. The quantitative estimate of drug-likeness (QED) is 0.467. The minimum Gasteiger partial charge on any atom is -0.494 e. The number of carbonyl (C=O) groups excluding carboxylic acids is 1. The molecule has 0 atom stereocenters. The Bertz CT molecular complexity index is 1220. The first-order valence-electron chi connectivity index (χ1n) is 8.90. The summed E-state index contributed by atoms with van der Waals surface area (Å²) in [5, 5.41) is 21.3. The van der Waals surface area contributed by atoms with Gasteiger partial charge in [0.2, 0.25) is 11.7 Å². The molecule has 0 saturated heterocycles. The monoisotopic (exact) mass is 430 g/mol. The van der Waals surface area contributed by atoms with Crippen molar-refractivity contribution in [3.05, 3.63) is 60.7 Å². The van der Waals surface area contributed by atoms with E-state index in [1.807, 2.05) is 31.2 Å². The molecule has 3 aromatic rings. The number of fused-ring (bicyclic) bond motifs is 1. The van der Waals surface area contributed by atoms with E-state index in [2.05, 4.69) is 0 Å². The second-order valence-corrected chi connectivity index (χ2v) is 8.12. The average Bonchev–Trinajstić information content (AvgIpc) is 3.00. The van der Waals surface area contributed by atoms with Gasteiger partial charge in [-0.05, 0) is 37.5 Å². The van der Waals surface area contributed by atoms with Gasteiger partial charge < -0.3 is 9.84 Å². The number of pyridine rings is 1. The Labute approximate surface area is 176 Å². The summed E-state index contributed by atoms with van der Waals surface area (Å²) in [6.07, 6.45) is 0.439. The molecule has 0 saturated carbocycles. The van der Waals surface area contributed by atoms with E-state index < -0.39 is 17.2 Å². The Morgan fingerprint density at radius 3 is 2.76 bits per heavy atom. The summed E-state index contributed by atoms with van der Waals surface area (Å²) in [4.78, 5) is 26.2. The van der Waals surface area contributed by atoms with Crippen molar-refractivity contribution < 1.29 is 14.6 Å². The Kier molecular flexibility index (Phi) is 6.08. The van der Waals surface area contributed by atoms with Crippen molar-refractivity contribution in [2.75, 3.05) is 13.7 Å². The highest BCUT2D eigenvalue weighted by molar-refractivity contribution is 7.21. The van der Waals surface area contributed by atoms with Crippen molar-refractivity contribution >= 4 is 38.8 Å². The van der Waals surface area contributed by atoms with Gasteiger partial charge in [-0.2, -0.15) is 5.26 Å². The van der Waals surface area contributed by atoms with Gasteiger partial charge in [-0.15, -0.1) is 11.3 Å². The summed E-state index contributed by atoms with van der Waals surface area (Å²) in [5.41, 5.74) is 0.299. The average molecular weight is 431 g/mol. The molecule has 0 bridgehead atoms. The van der Waals surface area contributed by atoms with Crippen molar-refractivity contribution in [2.45, 2.75) is 26.8 Å². The number of ether oxygens (including phenoxy) is 1. The number of carbonyl (C=O) groups is 1. The smallest absolute Gasteiger partial charge is 0.271 e. The highest BCUT2D eigenvalue weighted by Gasteiger charge is 2.28. The minimum atomic E-state index is -0.631. The minimum absolute atomic E-state index is 0.0799. The number of hydrogen-bond donors (Lipinski definition) is 1. The SMILES string of the molecule is COCCCn1c(O)c(C(=O)c2sc3cc(C)ccc3c2Cl)c(C)c(C#N)c1=O. The summed E-state index contributed by atoms with van der Waals surface area (Å²) in [7, 11) is 1.53. The number of aromatic nitrogens is 1. The van der Waals surface area contributed by atoms with Crippen LogP contribution < -0.4 is 5.56 Å². The number of halogens is 1. The standard InChI is InChI=1S/C21H19ClN2O4S/c1-11-5-6-13-15(9-11)29-19(17(13)22)18(25)16-12(2)14(10-23)20(26)24(21(16)27)7-4-8-28-3/h5-6,9,27H,4,7-8H2,1-3H3. The van der Waals surface area contributed by atoms with E-state index in [4.69, 9.17) is 16.3 Å². The summed E-state index contributed by atoms with van der Waals surface area (Å²) < 4.78 is 6.88. The summed E-state index contributed by atoms with van der Waals surface area (Å²) in [6.45, 7) is 3.91. The maximum atomic E-state index is 13.3. The van der Waals surface area contributed by atoms with Gasteiger partial charge in [0.1, 0.15) is 11.6 Å². The topological polar surface area (TPSA) is 92.3 Å². The van der Waals surface area contributed by atoms with Crippen LogP contribution in [0, 0.1) is 25.2 Å². The molecule has 29 heavy (non-hydrogen) atoms. The Hall–Kier alpha value is -2.66. The van der Waals surface area contributed by atoms with E-state index in [9.17, 15) is 20.0 Å². The number of methoxy groups -OCH3 is 1. The second-order valence-electron chi connectivity index (χ2n) is 6.69. The first kappa shape index (κ1) is 21.1. The Morgan fingerprint density at radius 1 is 1.38 bits per heavy atom. The third-order valence-corrected chi connectivity index (χ3v) is 6.40. The van der Waals surface area contributed by atoms with Crippen LogP contribution in [-0.2, 0) is 11.3 Å². The lowest BCUT2D eigenvalue weighted by atomic mass is 10.0. The maximum absolute atomic E-state index is 13.3. The van der Waals surface area contributed by atoms with Crippen LogP contribution in [0.4, 0.5) is 0 Å². The number of benzene rings is 1. The highest BCUT2D eigenvalue weighted by Crippen LogP contribution is 2.38. The molecule has 0 aliphatic rings. The maximum Gasteiger partial charge on any atom is 0.271 e. The molecule has 0 unspecified atom stereocenters. The van der Waals surface area contributed by atoms with Crippen molar-refractivity contribution in [3.63, 3.8) is 0 Å². The Morgan fingerprint density at radius 2 is 2.10 bits per heavy atom. The molecule has 0 radical (unpaired) electrons. The van der Waals surface area contributed by atoms with Crippen LogP contribution in [0.2, 0.25) is 5.02 Å². The molecule has 2 aromatic heterocycles. The van der Waals surface area contributed by atoms with Gasteiger partial charge in [-0.25, -0.2) is 0 Å². The first-order valence-corrected chi connectivity index (χ1v) is 10.1. The molecule has 3 rings (SSSR count). The number of rotatable bonds is 6. The fraction of sp³-hybridized carbons (Fsp3) is 0.286. The van der Waals surface area contributed by atoms with Gasteiger partial charge in [0.25, 0.3) is 5.56 Å². The molecule has 8 heteroatoms. The normalized spacial score (nSPS) is 11.0. The van der Waals surface area contributed by atoms with Crippen LogP contribution in [0.3, 0.4) is 0 Å². The number of aryl methyl sites for hydroxylation is 1. The van der Waals surface area contributed by atoms with Crippen LogP contribution in [0.15, 0.2) is 23.0 Å². The van der Waals surface area contributed by atoms with E-state index in [1.54, 1.807) is 0 Å². The fourth-order valence-electron chi connectivity index (χ4n) is 3.23. The van der Waals surface area contributed by atoms with Crippen molar-refractivity contribution in [2.24, 2.45) is 0 Å². The van der Waals surface area contributed by atoms with E-state index in [0.717, 1.165) is 20.2 Å². The van der Waals surface area contributed by atoms with Crippen LogP contribution in [0.5, 0.6) is 5.88 Å². The first-order chi connectivity index (χ1) is 13.8. The largest absolute Gasteiger partial charge is 0.494 e. The molecule has 1 N–H and O–H groups in total. The number of aromatic hydroxyl groups is 1. The number of ketones is 1. The summed E-state index contributed by atoms with van der Waals surface area (Å²) in [6, 6.07) is 7.54. The summed E-state index contributed by atoms with van der Waals surface area (Å²) >= 11 is 7.68. The molecule has 0 spiro atoms. The van der Waals surface area contributed by atoms with E-state index >= 15 is 0 Å². The van der Waals surface area contributed by atoms with Gasteiger partial charge in [-0.3, -0.25) is 14.2 Å². The predicted octanol–water partition coefficient (Wildman–Crippen LogP) is 4.18. The lowest BCUT2D eigenvalue weighted by Gasteiger charge is -2.15. The second kappa shape index (κ2) is 8.37. The molecule has 0 aliphatic carbocycles. The molecular weight excluding hydrogens is 412 g/mol. The number of thiophene rings is 1. The number of nitriles is 1. The van der Waals surface area contributed by atoms with E-state index in [1.165, 1.54) is 25.4 Å². The summed E-state index contributed by atoms with van der Waals surface area (Å²) in [5.74, 6) is -0.974. The van der Waals surface area contributed by atoms with Gasteiger partial charge in [0, 0.05) is 30.3 Å². The van der Waals surface area contributed by atoms with Gasteiger partial charge in [-0.1, -0.05) is 23.7 Å². The number of hydrogen-bond acceptors (Lipinski definition) is 6. The van der Waals surface area contributed by atoms with Gasteiger partial charge in [0.15, 0.2) is 0 Å². The Balaban J connectivity index is 2.21. The van der Waals surface area contributed by atoms with Crippen molar-refractivity contribution in [3.8, 4) is 11.9 Å². The molecule has 0 amide bonds. The van der Waals surface area contributed by atoms with Crippen LogP contribution >= 0.6 is 22.9 Å². The third-order valence-electron chi connectivity index (χ3n) is 4.75. The van der Waals surface area contributed by atoms with E-state index in [-0.39, 0.29) is 28.1 Å².